The Kier molecular flexibility index (Phi) is 8.78. The fraction of sp³-hybridized carbons (Fsp3) is 0.481. The van der Waals surface area contributed by atoms with Crippen molar-refractivity contribution in [1.82, 2.24) is 10.2 Å². The standard InChI is InChI=1S/C27H33N7O6S/c35-26(20-4-6-22(25(18-20)34(38)39)31-14-16-40-17-15-31)28-27(41)32-12-10-29(11-13-32)21-5-7-23(33(36)37)24(19-21)30-8-2-1-3-9-30/h4-7,18-19H,1-3,8-17H2,(H,28,35,41). The van der Waals surface area contributed by atoms with E-state index in [1.807, 2.05) is 15.9 Å². The van der Waals surface area contributed by atoms with E-state index in [0.29, 0.717) is 63.9 Å². The Hall–Kier alpha value is -4.04. The molecule has 2 aromatic rings. The topological polar surface area (TPSA) is 138 Å². The lowest BCUT2D eigenvalue weighted by atomic mass is 10.1. The molecule has 3 aliphatic rings. The van der Waals surface area contributed by atoms with Gasteiger partial charge in [-0.2, -0.15) is 0 Å². The molecular weight excluding hydrogens is 550 g/mol. The van der Waals surface area contributed by atoms with Crippen molar-refractivity contribution >= 4 is 51.7 Å². The van der Waals surface area contributed by atoms with Gasteiger partial charge in [-0.05, 0) is 55.7 Å². The monoisotopic (exact) mass is 583 g/mol. The number of carbonyl (C=O) groups excluding carboxylic acids is 1. The van der Waals surface area contributed by atoms with Crippen LogP contribution in [-0.2, 0) is 4.74 Å². The van der Waals surface area contributed by atoms with E-state index >= 15 is 0 Å². The number of nitro benzene ring substituents is 2. The highest BCUT2D eigenvalue weighted by Gasteiger charge is 2.27. The third-order valence-electron chi connectivity index (χ3n) is 7.79. The van der Waals surface area contributed by atoms with E-state index in [1.165, 1.54) is 6.07 Å². The fourth-order valence-electron chi connectivity index (χ4n) is 5.55. The van der Waals surface area contributed by atoms with Crippen molar-refractivity contribution in [3.63, 3.8) is 0 Å². The predicted molar refractivity (Wildman–Crippen MR) is 159 cm³/mol. The van der Waals surface area contributed by atoms with E-state index in [4.69, 9.17) is 17.0 Å². The molecule has 13 nitrogen and oxygen atoms in total. The van der Waals surface area contributed by atoms with E-state index in [2.05, 4.69) is 15.1 Å². The van der Waals surface area contributed by atoms with Crippen LogP contribution in [0.5, 0.6) is 0 Å². The number of piperazine rings is 1. The van der Waals surface area contributed by atoms with Crippen LogP contribution in [0.4, 0.5) is 28.4 Å². The van der Waals surface area contributed by atoms with Gasteiger partial charge >= 0.3 is 0 Å². The van der Waals surface area contributed by atoms with Crippen molar-refractivity contribution in [3.8, 4) is 0 Å². The van der Waals surface area contributed by atoms with Gasteiger partial charge in [-0.1, -0.05) is 0 Å². The molecule has 0 spiro atoms. The van der Waals surface area contributed by atoms with Gasteiger partial charge in [-0.25, -0.2) is 0 Å². The van der Waals surface area contributed by atoms with Crippen LogP contribution in [0.25, 0.3) is 0 Å². The zero-order valence-electron chi connectivity index (χ0n) is 22.7. The number of morpholine rings is 1. The third kappa shape index (κ3) is 6.49. The maximum atomic E-state index is 13.0. The number of anilines is 3. The van der Waals surface area contributed by atoms with Crippen LogP contribution in [-0.4, -0.2) is 91.3 Å². The molecule has 2 aromatic carbocycles. The molecule has 0 bridgehead atoms. The van der Waals surface area contributed by atoms with Gasteiger partial charge in [0.1, 0.15) is 11.4 Å². The molecule has 1 amide bonds. The molecule has 0 unspecified atom stereocenters. The van der Waals surface area contributed by atoms with Gasteiger partial charge in [-0.15, -0.1) is 0 Å². The van der Waals surface area contributed by atoms with Gasteiger partial charge in [0.05, 0.1) is 23.1 Å². The lowest BCUT2D eigenvalue weighted by molar-refractivity contribution is -0.384. The van der Waals surface area contributed by atoms with Gasteiger partial charge in [0.25, 0.3) is 17.3 Å². The molecule has 3 aliphatic heterocycles. The molecule has 1 N–H and O–H groups in total. The molecule has 14 heteroatoms. The number of benzene rings is 2. The highest BCUT2D eigenvalue weighted by Crippen LogP contribution is 2.35. The number of nitrogens with one attached hydrogen (secondary N) is 1. The predicted octanol–water partition coefficient (Wildman–Crippen LogP) is 3.17. The molecule has 5 rings (SSSR count). The fourth-order valence-corrected chi connectivity index (χ4v) is 5.82. The maximum absolute atomic E-state index is 13.0. The van der Waals surface area contributed by atoms with Gasteiger partial charge < -0.3 is 24.3 Å². The second-order valence-electron chi connectivity index (χ2n) is 10.3. The molecule has 41 heavy (non-hydrogen) atoms. The lowest BCUT2D eigenvalue weighted by Gasteiger charge is -2.37. The number of rotatable bonds is 6. The molecule has 0 aromatic heterocycles. The van der Waals surface area contributed by atoms with Crippen LogP contribution in [0.3, 0.4) is 0 Å². The Morgan fingerprint density at radius 3 is 2.07 bits per heavy atom. The van der Waals surface area contributed by atoms with E-state index in [9.17, 15) is 25.0 Å². The summed E-state index contributed by atoms with van der Waals surface area (Å²) in [7, 11) is 0. The minimum Gasteiger partial charge on any atom is -0.378 e. The molecule has 0 aliphatic carbocycles. The number of thiocarbonyl (C=S) groups is 1. The van der Waals surface area contributed by atoms with Gasteiger partial charge in [0, 0.05) is 75.7 Å². The van der Waals surface area contributed by atoms with Crippen molar-refractivity contribution in [2.45, 2.75) is 19.3 Å². The summed E-state index contributed by atoms with van der Waals surface area (Å²) in [6, 6.07) is 9.74. The van der Waals surface area contributed by atoms with Crippen molar-refractivity contribution in [3.05, 3.63) is 62.2 Å². The number of nitro groups is 2. The zero-order chi connectivity index (χ0) is 28.9. The summed E-state index contributed by atoms with van der Waals surface area (Å²) in [5.41, 5.74) is 2.18. The quantitative estimate of drug-likeness (QED) is 0.305. The summed E-state index contributed by atoms with van der Waals surface area (Å²) >= 11 is 5.51. The van der Waals surface area contributed by atoms with E-state index in [0.717, 1.165) is 38.0 Å². The number of amides is 1. The van der Waals surface area contributed by atoms with Crippen molar-refractivity contribution in [1.29, 1.82) is 0 Å². The second-order valence-corrected chi connectivity index (χ2v) is 10.7. The summed E-state index contributed by atoms with van der Waals surface area (Å²) in [6.07, 6.45) is 3.18. The summed E-state index contributed by atoms with van der Waals surface area (Å²) in [5.74, 6) is -0.504. The van der Waals surface area contributed by atoms with Crippen LogP contribution < -0.4 is 20.0 Å². The lowest BCUT2D eigenvalue weighted by Crippen LogP contribution is -2.52. The van der Waals surface area contributed by atoms with Crippen LogP contribution in [0.15, 0.2) is 36.4 Å². The molecule has 218 valence electrons. The van der Waals surface area contributed by atoms with Gasteiger partial charge in [0.15, 0.2) is 5.11 Å². The first kappa shape index (κ1) is 28.5. The Morgan fingerprint density at radius 1 is 0.756 bits per heavy atom. The van der Waals surface area contributed by atoms with Crippen molar-refractivity contribution in [2.75, 3.05) is 80.3 Å². The Balaban J connectivity index is 1.21. The van der Waals surface area contributed by atoms with E-state index < -0.39 is 10.8 Å². The Morgan fingerprint density at radius 2 is 1.41 bits per heavy atom. The van der Waals surface area contributed by atoms with Crippen LogP contribution in [0.2, 0.25) is 0 Å². The highest BCUT2D eigenvalue weighted by molar-refractivity contribution is 7.80. The first-order valence-electron chi connectivity index (χ1n) is 13.8. The number of hydrogen-bond donors (Lipinski definition) is 1. The van der Waals surface area contributed by atoms with Gasteiger partial charge in [0.2, 0.25) is 0 Å². The largest absolute Gasteiger partial charge is 0.378 e. The van der Waals surface area contributed by atoms with Crippen molar-refractivity contribution < 1.29 is 19.4 Å². The minimum absolute atomic E-state index is 0.122. The van der Waals surface area contributed by atoms with E-state index in [1.54, 1.807) is 24.3 Å². The minimum atomic E-state index is -0.504. The van der Waals surface area contributed by atoms with Gasteiger partial charge in [-0.3, -0.25) is 30.3 Å². The second kappa shape index (κ2) is 12.6. The SMILES string of the molecule is O=C(NC(=S)N1CCN(c2ccc([N+](=O)[O-])c(N3CCCCC3)c2)CC1)c1ccc(N2CCOCC2)c([N+](=O)[O-])c1. The third-order valence-corrected chi connectivity index (χ3v) is 8.15. The number of nitrogens with zero attached hydrogens (tertiary/aromatic N) is 6. The molecule has 0 radical (unpaired) electrons. The Bertz CT molecular complexity index is 1320. The summed E-state index contributed by atoms with van der Waals surface area (Å²) in [4.78, 5) is 43.6. The van der Waals surface area contributed by atoms with Crippen LogP contribution >= 0.6 is 12.2 Å². The number of hydrogen-bond acceptors (Lipinski definition) is 10. The van der Waals surface area contributed by atoms with Crippen LogP contribution in [0.1, 0.15) is 29.6 Å². The number of piperidine rings is 1. The molecular formula is C27H33N7O6S. The van der Waals surface area contributed by atoms with E-state index in [-0.39, 0.29) is 27.0 Å². The van der Waals surface area contributed by atoms with Crippen LogP contribution in [0, 0.1) is 20.2 Å². The molecule has 3 fully saturated rings. The number of carbonyl (C=O) groups is 1. The molecule has 3 heterocycles. The normalized spacial score (nSPS) is 17.8. The molecule has 0 atom stereocenters. The first-order valence-corrected chi connectivity index (χ1v) is 14.2. The Labute approximate surface area is 242 Å². The average molecular weight is 584 g/mol. The summed E-state index contributed by atoms with van der Waals surface area (Å²) < 4.78 is 5.34. The highest BCUT2D eigenvalue weighted by atomic mass is 32.1. The first-order chi connectivity index (χ1) is 19.8. The summed E-state index contributed by atoms with van der Waals surface area (Å²) in [6.45, 7) is 6.02. The summed E-state index contributed by atoms with van der Waals surface area (Å²) in [5, 5.41) is 26.4. The average Bonchev–Trinajstić information content (AvgIpc) is 3.01. The number of ether oxygens (including phenoxy) is 1. The molecule has 0 saturated carbocycles. The zero-order valence-corrected chi connectivity index (χ0v) is 23.5. The molecule has 3 saturated heterocycles. The smallest absolute Gasteiger partial charge is 0.293 e. The van der Waals surface area contributed by atoms with Crippen molar-refractivity contribution in [2.24, 2.45) is 0 Å². The maximum Gasteiger partial charge on any atom is 0.293 e.